The molecule has 0 aromatic heterocycles. The van der Waals surface area contributed by atoms with Crippen molar-refractivity contribution in [3.8, 4) is 0 Å². The SMILES string of the molecule is CCN(c1ccc(C)cc1)S(=O)(=O)c1ccccc1CN. The Morgan fingerprint density at radius 3 is 2.24 bits per heavy atom. The Bertz CT molecular complexity index is 709. The van der Waals surface area contributed by atoms with Crippen molar-refractivity contribution in [1.29, 1.82) is 0 Å². The highest BCUT2D eigenvalue weighted by Crippen LogP contribution is 2.25. The van der Waals surface area contributed by atoms with E-state index in [0.717, 1.165) is 5.56 Å². The Morgan fingerprint density at radius 1 is 1.05 bits per heavy atom. The molecule has 0 fully saturated rings. The van der Waals surface area contributed by atoms with Crippen molar-refractivity contribution in [2.24, 2.45) is 5.73 Å². The van der Waals surface area contributed by atoms with Crippen molar-refractivity contribution in [3.63, 3.8) is 0 Å². The first-order valence-corrected chi connectivity index (χ1v) is 8.32. The summed E-state index contributed by atoms with van der Waals surface area (Å²) in [6.07, 6.45) is 0. The largest absolute Gasteiger partial charge is 0.326 e. The van der Waals surface area contributed by atoms with Crippen LogP contribution in [0.1, 0.15) is 18.1 Å². The highest BCUT2D eigenvalue weighted by molar-refractivity contribution is 7.92. The van der Waals surface area contributed by atoms with E-state index in [2.05, 4.69) is 0 Å². The minimum Gasteiger partial charge on any atom is -0.326 e. The topological polar surface area (TPSA) is 63.4 Å². The maximum absolute atomic E-state index is 12.9. The van der Waals surface area contributed by atoms with E-state index in [9.17, 15) is 8.42 Å². The molecule has 0 unspecified atom stereocenters. The predicted molar refractivity (Wildman–Crippen MR) is 85.7 cm³/mol. The summed E-state index contributed by atoms with van der Waals surface area (Å²) in [4.78, 5) is 0.273. The quantitative estimate of drug-likeness (QED) is 0.923. The van der Waals surface area contributed by atoms with E-state index in [-0.39, 0.29) is 11.4 Å². The lowest BCUT2D eigenvalue weighted by Gasteiger charge is -2.24. The molecule has 0 bridgehead atoms. The number of benzene rings is 2. The van der Waals surface area contributed by atoms with Crippen LogP contribution in [-0.2, 0) is 16.6 Å². The van der Waals surface area contributed by atoms with Gasteiger partial charge in [-0.15, -0.1) is 0 Å². The number of rotatable bonds is 5. The van der Waals surface area contributed by atoms with E-state index >= 15 is 0 Å². The molecule has 112 valence electrons. The van der Waals surface area contributed by atoms with Crippen molar-refractivity contribution < 1.29 is 8.42 Å². The lowest BCUT2D eigenvalue weighted by molar-refractivity contribution is 0.590. The fraction of sp³-hybridized carbons (Fsp3) is 0.250. The zero-order valence-electron chi connectivity index (χ0n) is 12.3. The number of aryl methyl sites for hydroxylation is 1. The number of nitrogens with zero attached hydrogens (tertiary/aromatic N) is 1. The Labute approximate surface area is 126 Å². The van der Waals surface area contributed by atoms with Gasteiger partial charge >= 0.3 is 0 Å². The zero-order valence-corrected chi connectivity index (χ0v) is 13.1. The van der Waals surface area contributed by atoms with Gasteiger partial charge in [-0.2, -0.15) is 0 Å². The molecule has 0 aliphatic carbocycles. The van der Waals surface area contributed by atoms with Gasteiger partial charge < -0.3 is 5.73 Å². The van der Waals surface area contributed by atoms with Crippen LogP contribution in [0.15, 0.2) is 53.4 Å². The predicted octanol–water partition coefficient (Wildman–Crippen LogP) is 2.67. The third-order valence-corrected chi connectivity index (χ3v) is 5.37. The van der Waals surface area contributed by atoms with Gasteiger partial charge in [-0.3, -0.25) is 4.31 Å². The number of anilines is 1. The first-order valence-electron chi connectivity index (χ1n) is 6.88. The third kappa shape index (κ3) is 3.09. The van der Waals surface area contributed by atoms with Gasteiger partial charge in [-0.25, -0.2) is 8.42 Å². The van der Waals surface area contributed by atoms with Crippen LogP contribution in [-0.4, -0.2) is 15.0 Å². The lowest BCUT2D eigenvalue weighted by Crippen LogP contribution is -2.31. The van der Waals surface area contributed by atoms with Crippen LogP contribution < -0.4 is 10.0 Å². The Kier molecular flexibility index (Phi) is 4.65. The van der Waals surface area contributed by atoms with Crippen LogP contribution >= 0.6 is 0 Å². The van der Waals surface area contributed by atoms with Gasteiger partial charge in [-0.1, -0.05) is 35.9 Å². The number of hydrogen-bond donors (Lipinski definition) is 1. The summed E-state index contributed by atoms with van der Waals surface area (Å²) in [5, 5.41) is 0. The molecule has 0 aliphatic rings. The van der Waals surface area contributed by atoms with Crippen LogP contribution in [0.4, 0.5) is 5.69 Å². The monoisotopic (exact) mass is 304 g/mol. The molecule has 0 radical (unpaired) electrons. The van der Waals surface area contributed by atoms with E-state index in [0.29, 0.717) is 17.8 Å². The summed E-state index contributed by atoms with van der Waals surface area (Å²) in [7, 11) is -3.61. The summed E-state index contributed by atoms with van der Waals surface area (Å²) in [5.41, 5.74) is 8.05. The van der Waals surface area contributed by atoms with Gasteiger partial charge in [0.1, 0.15) is 0 Å². The van der Waals surface area contributed by atoms with Crippen LogP contribution in [0.2, 0.25) is 0 Å². The molecule has 2 N–H and O–H groups in total. The standard InChI is InChI=1S/C16H20N2O2S/c1-3-18(15-10-8-13(2)9-11-15)21(19,20)16-7-5-4-6-14(16)12-17/h4-11H,3,12,17H2,1-2H3. The van der Waals surface area contributed by atoms with E-state index in [1.54, 1.807) is 24.3 Å². The summed E-state index contributed by atoms with van der Waals surface area (Å²) in [6.45, 7) is 4.35. The van der Waals surface area contributed by atoms with Crippen molar-refractivity contribution in [3.05, 3.63) is 59.7 Å². The second kappa shape index (κ2) is 6.28. The van der Waals surface area contributed by atoms with Crippen LogP contribution in [0.5, 0.6) is 0 Å². The second-order valence-corrected chi connectivity index (χ2v) is 6.65. The van der Waals surface area contributed by atoms with Crippen molar-refractivity contribution in [2.75, 3.05) is 10.8 Å². The van der Waals surface area contributed by atoms with E-state index in [1.807, 2.05) is 38.1 Å². The van der Waals surface area contributed by atoms with Gasteiger partial charge in [0.05, 0.1) is 10.6 Å². The minimum atomic E-state index is -3.61. The fourth-order valence-corrected chi connectivity index (χ4v) is 3.96. The van der Waals surface area contributed by atoms with Crippen LogP contribution in [0, 0.1) is 6.92 Å². The van der Waals surface area contributed by atoms with E-state index in [1.165, 1.54) is 4.31 Å². The molecule has 21 heavy (non-hydrogen) atoms. The zero-order chi connectivity index (χ0) is 15.5. The molecule has 2 rings (SSSR count). The van der Waals surface area contributed by atoms with Gasteiger partial charge in [0.15, 0.2) is 0 Å². The molecule has 0 spiro atoms. The third-order valence-electron chi connectivity index (χ3n) is 3.37. The molecule has 0 aliphatic heterocycles. The Balaban J connectivity index is 2.52. The Hall–Kier alpha value is -1.85. The molecular weight excluding hydrogens is 284 g/mol. The molecule has 0 amide bonds. The molecule has 5 heteroatoms. The van der Waals surface area contributed by atoms with Crippen molar-refractivity contribution in [1.82, 2.24) is 0 Å². The maximum atomic E-state index is 12.9. The van der Waals surface area contributed by atoms with Gasteiger partial charge in [0, 0.05) is 13.1 Å². The molecular formula is C16H20N2O2S. The second-order valence-electron chi connectivity index (χ2n) is 4.82. The molecule has 2 aromatic carbocycles. The summed E-state index contributed by atoms with van der Waals surface area (Å²) >= 11 is 0. The van der Waals surface area contributed by atoms with Gasteiger partial charge in [0.2, 0.25) is 0 Å². The van der Waals surface area contributed by atoms with Crippen LogP contribution in [0.3, 0.4) is 0 Å². The Morgan fingerprint density at radius 2 is 1.67 bits per heavy atom. The summed E-state index contributed by atoms with van der Waals surface area (Å²) < 4.78 is 27.2. The molecule has 0 atom stereocenters. The first-order chi connectivity index (χ1) is 10.0. The van der Waals surface area contributed by atoms with Gasteiger partial charge in [-0.05, 0) is 37.6 Å². The molecule has 0 saturated carbocycles. The maximum Gasteiger partial charge on any atom is 0.264 e. The number of sulfonamides is 1. The van der Waals surface area contributed by atoms with Gasteiger partial charge in [0.25, 0.3) is 10.0 Å². The first kappa shape index (κ1) is 15.5. The summed E-state index contributed by atoms with van der Waals surface area (Å²) in [6, 6.07) is 14.3. The van der Waals surface area contributed by atoms with E-state index in [4.69, 9.17) is 5.73 Å². The normalized spacial score (nSPS) is 11.4. The van der Waals surface area contributed by atoms with Crippen LogP contribution in [0.25, 0.3) is 0 Å². The van der Waals surface area contributed by atoms with Crippen molar-refractivity contribution >= 4 is 15.7 Å². The van der Waals surface area contributed by atoms with E-state index < -0.39 is 10.0 Å². The highest BCUT2D eigenvalue weighted by atomic mass is 32.2. The minimum absolute atomic E-state index is 0.195. The fourth-order valence-electron chi connectivity index (χ4n) is 2.25. The highest BCUT2D eigenvalue weighted by Gasteiger charge is 2.25. The molecule has 2 aromatic rings. The smallest absolute Gasteiger partial charge is 0.264 e. The molecule has 0 heterocycles. The molecule has 0 saturated heterocycles. The summed E-state index contributed by atoms with van der Waals surface area (Å²) in [5.74, 6) is 0. The average Bonchev–Trinajstić information content (AvgIpc) is 2.49. The van der Waals surface area contributed by atoms with Crippen molar-refractivity contribution in [2.45, 2.75) is 25.3 Å². The number of hydrogen-bond acceptors (Lipinski definition) is 3. The average molecular weight is 304 g/mol. The molecule has 4 nitrogen and oxygen atoms in total. The lowest BCUT2D eigenvalue weighted by atomic mass is 10.2. The number of nitrogens with two attached hydrogens (primary N) is 1.